The van der Waals surface area contributed by atoms with Gasteiger partial charge in [-0.15, -0.1) is 0 Å². The monoisotopic (exact) mass is 409 g/mol. The minimum atomic E-state index is -0.660. The number of pyridine rings is 1. The number of phenols is 1. The van der Waals surface area contributed by atoms with Gasteiger partial charge in [0.25, 0.3) is 0 Å². The Morgan fingerprint density at radius 3 is 2.90 bits per heavy atom. The van der Waals surface area contributed by atoms with E-state index in [2.05, 4.69) is 11.6 Å². The maximum absolute atomic E-state index is 14.1. The summed E-state index contributed by atoms with van der Waals surface area (Å²) in [6, 6.07) is 4.83. The van der Waals surface area contributed by atoms with E-state index >= 15 is 0 Å². The highest BCUT2D eigenvalue weighted by molar-refractivity contribution is 5.87. The van der Waals surface area contributed by atoms with E-state index in [1.807, 2.05) is 23.6 Å². The quantitative estimate of drug-likeness (QED) is 0.626. The van der Waals surface area contributed by atoms with Gasteiger partial charge in [-0.3, -0.25) is 4.79 Å². The summed E-state index contributed by atoms with van der Waals surface area (Å²) >= 11 is 0. The Morgan fingerprint density at radius 2 is 2.20 bits per heavy atom. The number of benzene rings is 1. The molecule has 6 nitrogen and oxygen atoms in total. The summed E-state index contributed by atoms with van der Waals surface area (Å²) in [5.74, 6) is -0.455. The van der Waals surface area contributed by atoms with Crippen molar-refractivity contribution in [1.82, 2.24) is 14.3 Å². The van der Waals surface area contributed by atoms with Crippen molar-refractivity contribution in [2.24, 2.45) is 0 Å². The number of hydrogen-bond acceptors (Lipinski definition) is 4. The Balaban J connectivity index is 1.63. The largest absolute Gasteiger partial charge is 0.505 e. The van der Waals surface area contributed by atoms with Crippen molar-refractivity contribution in [2.45, 2.75) is 38.3 Å². The maximum atomic E-state index is 14.1. The molecule has 0 aliphatic heterocycles. The third kappa shape index (κ3) is 3.51. The Labute approximate surface area is 174 Å². The van der Waals surface area contributed by atoms with Crippen LogP contribution in [0.3, 0.4) is 0 Å². The van der Waals surface area contributed by atoms with E-state index in [1.54, 1.807) is 24.5 Å². The molecule has 7 heteroatoms. The van der Waals surface area contributed by atoms with E-state index in [9.17, 15) is 14.3 Å². The molecule has 0 unspecified atom stereocenters. The second kappa shape index (κ2) is 7.82. The third-order valence-electron chi connectivity index (χ3n) is 5.78. The molecule has 4 rings (SSSR count). The number of aromatic hydroxyl groups is 1. The van der Waals surface area contributed by atoms with Crippen LogP contribution in [0.5, 0.6) is 11.5 Å². The van der Waals surface area contributed by atoms with E-state index in [0.717, 1.165) is 29.5 Å². The van der Waals surface area contributed by atoms with Gasteiger partial charge in [-0.25, -0.2) is 9.37 Å². The number of carbonyl (C=O) groups is 1. The average molecular weight is 409 g/mol. The number of ether oxygens (including phenoxy) is 1. The van der Waals surface area contributed by atoms with Gasteiger partial charge in [0.05, 0.1) is 12.5 Å². The molecule has 156 valence electrons. The van der Waals surface area contributed by atoms with Crippen molar-refractivity contribution >= 4 is 11.4 Å². The highest BCUT2D eigenvalue weighted by atomic mass is 19.1. The molecule has 3 aromatic rings. The molecule has 0 saturated heterocycles. The standard InChI is InChI=1S/C23H24FN3O3/c1-4-14-6-21(28)19(24)10-18(14)15-7-22(20-11-25-13-27(20)12-15)30-17-8-16(9-17)26(3)23(29)5-2/h5-7,10-13,16-17,28H,2,4,8-9H2,1,3H3. The normalized spacial score (nSPS) is 18.1. The van der Waals surface area contributed by atoms with Gasteiger partial charge in [0.2, 0.25) is 5.91 Å². The summed E-state index contributed by atoms with van der Waals surface area (Å²) in [7, 11) is 1.77. The van der Waals surface area contributed by atoms with Crippen LogP contribution in [-0.2, 0) is 11.2 Å². The van der Waals surface area contributed by atoms with Gasteiger partial charge in [-0.2, -0.15) is 0 Å². The number of amides is 1. The van der Waals surface area contributed by atoms with Crippen LogP contribution in [0.15, 0.2) is 49.6 Å². The molecule has 1 aliphatic carbocycles. The lowest BCUT2D eigenvalue weighted by molar-refractivity contribution is -0.130. The van der Waals surface area contributed by atoms with Crippen molar-refractivity contribution in [3.05, 3.63) is 61.0 Å². The van der Waals surface area contributed by atoms with Crippen molar-refractivity contribution in [3.63, 3.8) is 0 Å². The van der Waals surface area contributed by atoms with Gasteiger partial charge in [-0.05, 0) is 41.8 Å². The van der Waals surface area contributed by atoms with Crippen molar-refractivity contribution in [2.75, 3.05) is 7.05 Å². The molecule has 1 aliphatic rings. The van der Waals surface area contributed by atoms with Gasteiger partial charge in [-0.1, -0.05) is 13.5 Å². The fourth-order valence-electron chi connectivity index (χ4n) is 3.86. The van der Waals surface area contributed by atoms with E-state index in [0.29, 0.717) is 17.7 Å². The van der Waals surface area contributed by atoms with E-state index < -0.39 is 5.82 Å². The first kappa shape index (κ1) is 19.9. The zero-order valence-corrected chi connectivity index (χ0v) is 17.0. The summed E-state index contributed by atoms with van der Waals surface area (Å²) in [5, 5.41) is 9.73. The minimum Gasteiger partial charge on any atom is -0.505 e. The lowest BCUT2D eigenvalue weighted by Crippen LogP contribution is -2.49. The molecule has 1 N–H and O–H groups in total. The molecule has 1 fully saturated rings. The SMILES string of the molecule is C=CC(=O)N(C)C1CC(Oc2cc(-c3cc(F)c(O)cc3CC)cn3cncc23)C1. The fourth-order valence-corrected chi connectivity index (χ4v) is 3.86. The number of aromatic nitrogens is 2. The van der Waals surface area contributed by atoms with Crippen LogP contribution in [0.4, 0.5) is 4.39 Å². The van der Waals surface area contributed by atoms with Gasteiger partial charge in [0.15, 0.2) is 11.6 Å². The van der Waals surface area contributed by atoms with Crippen molar-refractivity contribution < 1.29 is 19.0 Å². The first-order chi connectivity index (χ1) is 14.4. The molecule has 2 aromatic heterocycles. The van der Waals surface area contributed by atoms with Crippen LogP contribution in [0, 0.1) is 5.82 Å². The lowest BCUT2D eigenvalue weighted by atomic mass is 9.88. The fraction of sp³-hybridized carbons (Fsp3) is 0.304. The molecule has 1 amide bonds. The summed E-state index contributed by atoms with van der Waals surface area (Å²) in [6.07, 6.45) is 8.68. The summed E-state index contributed by atoms with van der Waals surface area (Å²) in [5.41, 5.74) is 3.14. The number of rotatable bonds is 6. The summed E-state index contributed by atoms with van der Waals surface area (Å²) < 4.78 is 22.2. The zero-order chi connectivity index (χ0) is 21.4. The molecule has 0 atom stereocenters. The van der Waals surface area contributed by atoms with E-state index in [-0.39, 0.29) is 23.8 Å². The van der Waals surface area contributed by atoms with Crippen LogP contribution >= 0.6 is 0 Å². The highest BCUT2D eigenvalue weighted by Crippen LogP contribution is 2.36. The van der Waals surface area contributed by atoms with Crippen molar-refractivity contribution in [3.8, 4) is 22.6 Å². The number of carbonyl (C=O) groups excluding carboxylic acids is 1. The molecule has 1 saturated carbocycles. The summed E-state index contributed by atoms with van der Waals surface area (Å²) in [6.45, 7) is 5.48. The smallest absolute Gasteiger partial charge is 0.245 e. The molecular weight excluding hydrogens is 385 g/mol. The Hall–Kier alpha value is -3.35. The Kier molecular flexibility index (Phi) is 5.20. The minimum absolute atomic E-state index is 0.0220. The van der Waals surface area contributed by atoms with Gasteiger partial charge in [0, 0.05) is 37.7 Å². The molecule has 2 heterocycles. The average Bonchev–Trinajstić information content (AvgIpc) is 3.19. The second-order valence-corrected chi connectivity index (χ2v) is 7.61. The molecule has 0 spiro atoms. The molecular formula is C23H24FN3O3. The zero-order valence-electron chi connectivity index (χ0n) is 17.0. The molecule has 30 heavy (non-hydrogen) atoms. The predicted molar refractivity (Wildman–Crippen MR) is 112 cm³/mol. The number of hydrogen-bond donors (Lipinski definition) is 1. The van der Waals surface area contributed by atoms with Crippen molar-refractivity contribution in [1.29, 1.82) is 0 Å². The third-order valence-corrected chi connectivity index (χ3v) is 5.78. The van der Waals surface area contributed by atoms with E-state index in [4.69, 9.17) is 4.74 Å². The topological polar surface area (TPSA) is 67.1 Å². The van der Waals surface area contributed by atoms with Crippen LogP contribution in [-0.4, -0.2) is 44.5 Å². The number of imidazole rings is 1. The Morgan fingerprint density at radius 1 is 1.43 bits per heavy atom. The summed E-state index contributed by atoms with van der Waals surface area (Å²) in [4.78, 5) is 17.7. The first-order valence-electron chi connectivity index (χ1n) is 9.94. The lowest BCUT2D eigenvalue weighted by Gasteiger charge is -2.40. The molecule has 0 bridgehead atoms. The van der Waals surface area contributed by atoms with Crippen LogP contribution in [0.1, 0.15) is 25.3 Å². The number of nitrogens with zero attached hydrogens (tertiary/aromatic N) is 3. The predicted octanol–water partition coefficient (Wildman–Crippen LogP) is 3.96. The van der Waals surface area contributed by atoms with E-state index in [1.165, 1.54) is 18.2 Å². The molecule has 0 radical (unpaired) electrons. The van der Waals surface area contributed by atoms with Gasteiger partial charge in [0.1, 0.15) is 17.4 Å². The van der Waals surface area contributed by atoms with Crippen LogP contribution in [0.2, 0.25) is 0 Å². The molecule has 1 aromatic carbocycles. The first-order valence-corrected chi connectivity index (χ1v) is 9.94. The van der Waals surface area contributed by atoms with Crippen LogP contribution in [0.25, 0.3) is 16.6 Å². The van der Waals surface area contributed by atoms with Gasteiger partial charge < -0.3 is 19.1 Å². The highest BCUT2D eigenvalue weighted by Gasteiger charge is 2.35. The van der Waals surface area contributed by atoms with Gasteiger partial charge >= 0.3 is 0 Å². The number of phenolic OH excluding ortho intramolecular Hbond substituents is 1. The maximum Gasteiger partial charge on any atom is 0.245 e. The Bertz CT molecular complexity index is 1120. The number of likely N-dealkylation sites (N-methyl/N-ethyl adjacent to an activating group) is 1. The number of aryl methyl sites for hydroxylation is 1. The second-order valence-electron chi connectivity index (χ2n) is 7.61. The number of halogens is 1. The number of fused-ring (bicyclic) bond motifs is 1. The van der Waals surface area contributed by atoms with Crippen LogP contribution < -0.4 is 4.74 Å².